The number of carboxylic acid groups (broad SMARTS) is 1. The van der Waals surface area contributed by atoms with E-state index in [0.717, 1.165) is 17.7 Å². The molecule has 2 rings (SSSR count). The van der Waals surface area contributed by atoms with Crippen molar-refractivity contribution in [1.82, 2.24) is 5.32 Å². The second-order valence-corrected chi connectivity index (χ2v) is 5.52. The summed E-state index contributed by atoms with van der Waals surface area (Å²) in [6, 6.07) is 7.60. The minimum Gasteiger partial charge on any atom is -0.490 e. The highest BCUT2D eigenvalue weighted by atomic mass is 16.5. The van der Waals surface area contributed by atoms with Gasteiger partial charge in [0.2, 0.25) is 0 Å². The molecule has 0 amide bonds. The van der Waals surface area contributed by atoms with Gasteiger partial charge in [-0.05, 0) is 43.5 Å². The fourth-order valence-electron chi connectivity index (χ4n) is 2.93. The maximum Gasteiger partial charge on any atom is 0.324 e. The number of benzene rings is 1. The van der Waals surface area contributed by atoms with Gasteiger partial charge >= 0.3 is 5.97 Å². The third kappa shape index (κ3) is 3.74. The number of hydrogen-bond donors (Lipinski definition) is 3. The zero-order valence-corrected chi connectivity index (χ0v) is 12.3. The lowest BCUT2D eigenvalue weighted by atomic mass is 9.98. The molecule has 1 saturated carbocycles. The molecule has 1 aromatic rings. The van der Waals surface area contributed by atoms with Gasteiger partial charge in [0, 0.05) is 13.0 Å². The van der Waals surface area contributed by atoms with Crippen LogP contribution in [0.3, 0.4) is 0 Å². The SMILES string of the molecule is CCNC1(C(=O)O)CCC(Oc2ccc(CCO)cc2)C1. The Morgan fingerprint density at radius 3 is 2.71 bits per heavy atom. The summed E-state index contributed by atoms with van der Waals surface area (Å²) < 4.78 is 5.89. The van der Waals surface area contributed by atoms with E-state index in [1.165, 1.54) is 0 Å². The molecule has 0 heterocycles. The minimum atomic E-state index is -0.851. The molecule has 1 aliphatic carbocycles. The lowest BCUT2D eigenvalue weighted by molar-refractivity contribution is -0.144. The summed E-state index contributed by atoms with van der Waals surface area (Å²) in [5.74, 6) is -0.0480. The third-order valence-electron chi connectivity index (χ3n) is 4.02. The standard InChI is InChI=1S/C16H23NO4/c1-2-17-16(15(19)20)9-7-14(11-16)21-13-5-3-12(4-6-13)8-10-18/h3-6,14,17-18H,2,7-11H2,1H3,(H,19,20). The number of carbonyl (C=O) groups is 1. The van der Waals surface area contributed by atoms with Gasteiger partial charge in [-0.2, -0.15) is 0 Å². The molecule has 1 fully saturated rings. The van der Waals surface area contributed by atoms with E-state index in [1.54, 1.807) is 0 Å². The summed E-state index contributed by atoms with van der Waals surface area (Å²) in [4.78, 5) is 11.5. The monoisotopic (exact) mass is 293 g/mol. The van der Waals surface area contributed by atoms with Gasteiger partial charge in [-0.15, -0.1) is 0 Å². The van der Waals surface area contributed by atoms with Crippen LogP contribution in [0.1, 0.15) is 31.7 Å². The Hall–Kier alpha value is -1.59. The first-order chi connectivity index (χ1) is 10.1. The van der Waals surface area contributed by atoms with E-state index in [-0.39, 0.29) is 12.7 Å². The molecule has 21 heavy (non-hydrogen) atoms. The molecule has 1 aromatic carbocycles. The van der Waals surface area contributed by atoms with Gasteiger partial charge in [-0.3, -0.25) is 4.79 Å². The number of likely N-dealkylation sites (N-methyl/N-ethyl adjacent to an activating group) is 1. The van der Waals surface area contributed by atoms with Crippen LogP contribution in [-0.4, -0.2) is 41.0 Å². The van der Waals surface area contributed by atoms with Crippen molar-refractivity contribution < 1.29 is 19.7 Å². The van der Waals surface area contributed by atoms with Crippen LogP contribution in [0.25, 0.3) is 0 Å². The molecule has 5 heteroatoms. The normalized spacial score (nSPS) is 25.0. The van der Waals surface area contributed by atoms with E-state index in [4.69, 9.17) is 9.84 Å². The molecule has 0 spiro atoms. The van der Waals surface area contributed by atoms with E-state index >= 15 is 0 Å². The molecule has 0 aromatic heterocycles. The topological polar surface area (TPSA) is 78.8 Å². The van der Waals surface area contributed by atoms with Gasteiger partial charge in [0.1, 0.15) is 17.4 Å². The van der Waals surface area contributed by atoms with Crippen LogP contribution in [-0.2, 0) is 11.2 Å². The predicted molar refractivity (Wildman–Crippen MR) is 79.5 cm³/mol. The fraction of sp³-hybridized carbons (Fsp3) is 0.562. The Balaban J connectivity index is 1.96. The van der Waals surface area contributed by atoms with E-state index in [0.29, 0.717) is 25.8 Å². The zero-order valence-electron chi connectivity index (χ0n) is 12.3. The Morgan fingerprint density at radius 1 is 1.43 bits per heavy atom. The molecule has 0 aliphatic heterocycles. The van der Waals surface area contributed by atoms with Gasteiger partial charge in [-0.1, -0.05) is 19.1 Å². The molecule has 1 aliphatic rings. The van der Waals surface area contributed by atoms with Gasteiger partial charge in [0.05, 0.1) is 0 Å². The summed E-state index contributed by atoms with van der Waals surface area (Å²) in [7, 11) is 0. The lowest BCUT2D eigenvalue weighted by Crippen LogP contribution is -2.50. The number of carboxylic acids is 1. The summed E-state index contributed by atoms with van der Waals surface area (Å²) in [6.45, 7) is 2.68. The van der Waals surface area contributed by atoms with Crippen molar-refractivity contribution in [1.29, 1.82) is 0 Å². The zero-order chi connectivity index (χ0) is 15.3. The van der Waals surface area contributed by atoms with Crippen LogP contribution >= 0.6 is 0 Å². The largest absolute Gasteiger partial charge is 0.490 e. The van der Waals surface area contributed by atoms with Crippen LogP contribution in [0.4, 0.5) is 0 Å². The molecule has 0 radical (unpaired) electrons. The highest BCUT2D eigenvalue weighted by molar-refractivity contribution is 5.79. The highest BCUT2D eigenvalue weighted by Gasteiger charge is 2.45. The van der Waals surface area contributed by atoms with Crippen molar-refractivity contribution in [3.8, 4) is 5.75 Å². The van der Waals surface area contributed by atoms with Crippen LogP contribution in [0.2, 0.25) is 0 Å². The van der Waals surface area contributed by atoms with Gasteiger partial charge in [-0.25, -0.2) is 0 Å². The van der Waals surface area contributed by atoms with Crippen molar-refractivity contribution in [3.63, 3.8) is 0 Å². The number of ether oxygens (including phenoxy) is 1. The van der Waals surface area contributed by atoms with Crippen LogP contribution < -0.4 is 10.1 Å². The number of hydrogen-bond acceptors (Lipinski definition) is 4. The predicted octanol–water partition coefficient (Wildman–Crippen LogP) is 1.59. The number of nitrogens with one attached hydrogen (secondary N) is 1. The fourth-order valence-corrected chi connectivity index (χ4v) is 2.93. The maximum absolute atomic E-state index is 11.5. The van der Waals surface area contributed by atoms with Crippen molar-refractivity contribution in [2.75, 3.05) is 13.2 Å². The Kier molecular flexibility index (Phi) is 5.20. The molecule has 2 atom stereocenters. The maximum atomic E-state index is 11.5. The molecule has 5 nitrogen and oxygen atoms in total. The number of aliphatic carboxylic acids is 1. The molecule has 3 N–H and O–H groups in total. The first kappa shape index (κ1) is 15.8. The molecular formula is C16H23NO4. The van der Waals surface area contributed by atoms with E-state index < -0.39 is 11.5 Å². The average Bonchev–Trinajstić information content (AvgIpc) is 2.86. The van der Waals surface area contributed by atoms with Crippen LogP contribution in [0.15, 0.2) is 24.3 Å². The third-order valence-corrected chi connectivity index (χ3v) is 4.02. The highest BCUT2D eigenvalue weighted by Crippen LogP contribution is 2.33. The van der Waals surface area contributed by atoms with Crippen molar-refractivity contribution in [2.24, 2.45) is 0 Å². The van der Waals surface area contributed by atoms with E-state index in [1.807, 2.05) is 31.2 Å². The second-order valence-electron chi connectivity index (χ2n) is 5.52. The number of rotatable bonds is 7. The van der Waals surface area contributed by atoms with Crippen LogP contribution in [0, 0.1) is 0 Å². The van der Waals surface area contributed by atoms with E-state index in [2.05, 4.69) is 5.32 Å². The smallest absolute Gasteiger partial charge is 0.324 e. The van der Waals surface area contributed by atoms with Crippen LogP contribution in [0.5, 0.6) is 5.75 Å². The minimum absolute atomic E-state index is 0.0798. The number of aliphatic hydroxyl groups excluding tert-OH is 1. The van der Waals surface area contributed by atoms with E-state index in [9.17, 15) is 9.90 Å². The Bertz CT molecular complexity index is 474. The molecular weight excluding hydrogens is 270 g/mol. The quantitative estimate of drug-likeness (QED) is 0.711. The summed E-state index contributed by atoms with van der Waals surface area (Å²) >= 11 is 0. The van der Waals surface area contributed by atoms with Crippen molar-refractivity contribution in [3.05, 3.63) is 29.8 Å². The summed E-state index contributed by atoms with van der Waals surface area (Å²) in [5.41, 5.74) is 0.208. The molecule has 2 unspecified atom stereocenters. The van der Waals surface area contributed by atoms with Crippen molar-refractivity contribution in [2.45, 2.75) is 44.2 Å². The van der Waals surface area contributed by atoms with Crippen molar-refractivity contribution >= 4 is 5.97 Å². The Morgan fingerprint density at radius 2 is 2.14 bits per heavy atom. The molecule has 116 valence electrons. The lowest BCUT2D eigenvalue weighted by Gasteiger charge is -2.25. The van der Waals surface area contributed by atoms with Gasteiger partial charge < -0.3 is 20.3 Å². The summed E-state index contributed by atoms with van der Waals surface area (Å²) in [6.07, 6.45) is 2.35. The first-order valence-electron chi connectivity index (χ1n) is 7.44. The average molecular weight is 293 g/mol. The first-order valence-corrected chi connectivity index (χ1v) is 7.44. The Labute approximate surface area is 124 Å². The summed E-state index contributed by atoms with van der Waals surface area (Å²) in [5, 5.41) is 21.4. The molecule has 0 bridgehead atoms. The molecule has 0 saturated heterocycles. The van der Waals surface area contributed by atoms with Gasteiger partial charge in [0.25, 0.3) is 0 Å². The second kappa shape index (κ2) is 6.91. The number of aliphatic hydroxyl groups is 1. The van der Waals surface area contributed by atoms with Gasteiger partial charge in [0.15, 0.2) is 0 Å².